The molecule has 1 heterocycles. The summed E-state index contributed by atoms with van der Waals surface area (Å²) in [4.78, 5) is 14.0. The Balaban J connectivity index is 2.93. The maximum absolute atomic E-state index is 11.9. The normalized spacial score (nSPS) is 12.8. The number of ether oxygens (including phenoxy) is 1. The Hall–Kier alpha value is -1.36. The number of aromatic nitrogens is 2. The molecule has 0 bridgehead atoms. The Bertz CT molecular complexity index is 438. The van der Waals surface area contributed by atoms with E-state index < -0.39 is 0 Å². The molecule has 0 aliphatic rings. The molecule has 0 amide bonds. The van der Waals surface area contributed by atoms with Gasteiger partial charge in [0.25, 0.3) is 0 Å². The monoisotopic (exact) mass is 267 g/mol. The maximum Gasteiger partial charge on any atom is 0.313 e. The second-order valence-electron chi connectivity index (χ2n) is 5.08. The highest BCUT2D eigenvalue weighted by Gasteiger charge is 2.24. The molecule has 5 nitrogen and oxygen atoms in total. The van der Waals surface area contributed by atoms with Gasteiger partial charge in [0.2, 0.25) is 0 Å². The molecule has 5 heteroatoms. The molecule has 0 saturated carbocycles. The van der Waals surface area contributed by atoms with E-state index in [-0.39, 0.29) is 11.9 Å². The Morgan fingerprint density at radius 2 is 2.05 bits per heavy atom. The zero-order chi connectivity index (χ0) is 14.6. The van der Waals surface area contributed by atoms with Crippen molar-refractivity contribution in [2.45, 2.75) is 40.2 Å². The van der Waals surface area contributed by atoms with E-state index in [2.05, 4.69) is 10.00 Å². The number of nitrogens with zero attached hydrogens (tertiary/aromatic N) is 3. The summed E-state index contributed by atoms with van der Waals surface area (Å²) >= 11 is 0. The van der Waals surface area contributed by atoms with Crippen LogP contribution in [0.2, 0.25) is 0 Å². The molecule has 0 N–H and O–H groups in total. The van der Waals surface area contributed by atoms with Crippen LogP contribution in [0.5, 0.6) is 0 Å². The van der Waals surface area contributed by atoms with Gasteiger partial charge in [0, 0.05) is 17.8 Å². The van der Waals surface area contributed by atoms with Crippen molar-refractivity contribution < 1.29 is 9.53 Å². The molecule has 1 unspecified atom stereocenters. The first kappa shape index (κ1) is 15.7. The molecule has 0 fully saturated rings. The van der Waals surface area contributed by atoms with Gasteiger partial charge in [0.05, 0.1) is 24.8 Å². The van der Waals surface area contributed by atoms with Gasteiger partial charge in [0.15, 0.2) is 0 Å². The van der Waals surface area contributed by atoms with Crippen molar-refractivity contribution in [3.05, 3.63) is 17.0 Å². The largest absolute Gasteiger partial charge is 0.466 e. The molecule has 1 rings (SSSR count). The van der Waals surface area contributed by atoms with Crippen LogP contribution < -0.4 is 0 Å². The van der Waals surface area contributed by atoms with E-state index >= 15 is 0 Å². The Kier molecular flexibility index (Phi) is 5.54. The fourth-order valence-electron chi connectivity index (χ4n) is 2.23. The quantitative estimate of drug-likeness (QED) is 0.736. The molecular formula is C14H25N3O2. The van der Waals surface area contributed by atoms with E-state index in [9.17, 15) is 4.79 Å². The van der Waals surface area contributed by atoms with E-state index in [0.717, 1.165) is 30.0 Å². The van der Waals surface area contributed by atoms with Gasteiger partial charge in [-0.2, -0.15) is 5.10 Å². The zero-order valence-electron chi connectivity index (χ0n) is 12.9. The fraction of sp³-hybridized carbons (Fsp3) is 0.714. The van der Waals surface area contributed by atoms with Gasteiger partial charge in [-0.25, -0.2) is 0 Å². The van der Waals surface area contributed by atoms with Crippen molar-refractivity contribution in [2.24, 2.45) is 0 Å². The van der Waals surface area contributed by atoms with Crippen LogP contribution in [0.4, 0.5) is 0 Å². The predicted molar refractivity (Wildman–Crippen MR) is 75.3 cm³/mol. The van der Waals surface area contributed by atoms with Gasteiger partial charge < -0.3 is 9.64 Å². The summed E-state index contributed by atoms with van der Waals surface area (Å²) in [5, 5.41) is 4.53. The highest BCUT2D eigenvalue weighted by molar-refractivity contribution is 5.78. The molecule has 1 aromatic heterocycles. The van der Waals surface area contributed by atoms with Crippen molar-refractivity contribution in [3.63, 3.8) is 0 Å². The number of rotatable bonds is 6. The molecule has 0 aliphatic heterocycles. The standard InChI is InChI=1S/C14H25N3O2/c1-7-19-14(18)10(2)13-11(3)15-17(12(13)4)9-8-16(5)6/h10H,7-9H2,1-6H3. The van der Waals surface area contributed by atoms with E-state index in [1.807, 2.05) is 46.5 Å². The predicted octanol–water partition coefficient (Wildman–Crippen LogP) is 1.73. The smallest absolute Gasteiger partial charge is 0.313 e. The van der Waals surface area contributed by atoms with Crippen molar-refractivity contribution in [1.29, 1.82) is 0 Å². The molecular weight excluding hydrogens is 242 g/mol. The lowest BCUT2D eigenvalue weighted by Gasteiger charge is -2.13. The van der Waals surface area contributed by atoms with Crippen molar-refractivity contribution >= 4 is 5.97 Å². The summed E-state index contributed by atoms with van der Waals surface area (Å²) in [5.41, 5.74) is 2.97. The van der Waals surface area contributed by atoms with Gasteiger partial charge in [-0.3, -0.25) is 9.48 Å². The Labute approximate surface area is 115 Å². The minimum Gasteiger partial charge on any atom is -0.466 e. The molecule has 0 radical (unpaired) electrons. The van der Waals surface area contributed by atoms with Crippen molar-refractivity contribution in [2.75, 3.05) is 27.2 Å². The van der Waals surface area contributed by atoms with Crippen molar-refractivity contribution in [1.82, 2.24) is 14.7 Å². The molecule has 19 heavy (non-hydrogen) atoms. The number of likely N-dealkylation sites (N-methyl/N-ethyl adjacent to an activating group) is 1. The lowest BCUT2D eigenvalue weighted by atomic mass is 9.99. The molecule has 0 aromatic carbocycles. The minimum absolute atomic E-state index is 0.180. The molecule has 108 valence electrons. The third kappa shape index (κ3) is 3.80. The van der Waals surface area contributed by atoms with Crippen LogP contribution >= 0.6 is 0 Å². The average molecular weight is 267 g/mol. The van der Waals surface area contributed by atoms with Crippen LogP contribution in [0.1, 0.15) is 36.7 Å². The summed E-state index contributed by atoms with van der Waals surface area (Å²) in [6.45, 7) is 9.83. The van der Waals surface area contributed by atoms with Gasteiger partial charge in [-0.1, -0.05) is 0 Å². The highest BCUT2D eigenvalue weighted by Crippen LogP contribution is 2.24. The highest BCUT2D eigenvalue weighted by atomic mass is 16.5. The Morgan fingerprint density at radius 1 is 1.42 bits per heavy atom. The van der Waals surface area contributed by atoms with Crippen LogP contribution in [0.25, 0.3) is 0 Å². The lowest BCUT2D eigenvalue weighted by Crippen LogP contribution is -2.20. The molecule has 1 aromatic rings. The molecule has 0 aliphatic carbocycles. The van der Waals surface area contributed by atoms with E-state index in [1.54, 1.807) is 0 Å². The van der Waals surface area contributed by atoms with Crippen LogP contribution in [0.15, 0.2) is 0 Å². The maximum atomic E-state index is 11.9. The Morgan fingerprint density at radius 3 is 2.58 bits per heavy atom. The summed E-state index contributed by atoms with van der Waals surface area (Å²) < 4.78 is 7.06. The van der Waals surface area contributed by atoms with Crippen LogP contribution in [0.3, 0.4) is 0 Å². The van der Waals surface area contributed by atoms with Gasteiger partial charge in [-0.05, 0) is 41.8 Å². The molecule has 0 saturated heterocycles. The third-order valence-corrected chi connectivity index (χ3v) is 3.27. The second-order valence-corrected chi connectivity index (χ2v) is 5.08. The lowest BCUT2D eigenvalue weighted by molar-refractivity contribution is -0.144. The van der Waals surface area contributed by atoms with Crippen LogP contribution in [0, 0.1) is 13.8 Å². The van der Waals surface area contributed by atoms with E-state index in [4.69, 9.17) is 4.74 Å². The number of aryl methyl sites for hydroxylation is 1. The van der Waals surface area contributed by atoms with Gasteiger partial charge in [-0.15, -0.1) is 0 Å². The number of hydrogen-bond acceptors (Lipinski definition) is 4. The topological polar surface area (TPSA) is 47.4 Å². The minimum atomic E-state index is -0.256. The first-order valence-electron chi connectivity index (χ1n) is 6.73. The SMILES string of the molecule is CCOC(=O)C(C)c1c(C)nn(CCN(C)C)c1C. The van der Waals surface area contributed by atoms with Crippen LogP contribution in [-0.4, -0.2) is 47.9 Å². The van der Waals surface area contributed by atoms with Crippen LogP contribution in [-0.2, 0) is 16.1 Å². The second kappa shape index (κ2) is 6.70. The first-order chi connectivity index (χ1) is 8.88. The van der Waals surface area contributed by atoms with E-state index in [0.29, 0.717) is 6.61 Å². The van der Waals surface area contributed by atoms with E-state index in [1.165, 1.54) is 0 Å². The van der Waals surface area contributed by atoms with Gasteiger partial charge in [0.1, 0.15) is 0 Å². The molecule has 0 spiro atoms. The number of carbonyl (C=O) groups excluding carboxylic acids is 1. The third-order valence-electron chi connectivity index (χ3n) is 3.27. The summed E-state index contributed by atoms with van der Waals surface area (Å²) in [6.07, 6.45) is 0. The number of esters is 1. The van der Waals surface area contributed by atoms with Gasteiger partial charge >= 0.3 is 5.97 Å². The molecule has 1 atom stereocenters. The first-order valence-corrected chi connectivity index (χ1v) is 6.73. The summed E-state index contributed by atoms with van der Waals surface area (Å²) in [5.74, 6) is -0.436. The summed E-state index contributed by atoms with van der Waals surface area (Å²) in [7, 11) is 4.07. The summed E-state index contributed by atoms with van der Waals surface area (Å²) in [6, 6.07) is 0. The fourth-order valence-corrected chi connectivity index (χ4v) is 2.23. The van der Waals surface area contributed by atoms with Crippen molar-refractivity contribution in [3.8, 4) is 0 Å². The average Bonchev–Trinajstić information content (AvgIpc) is 2.61. The number of carbonyl (C=O) groups is 1. The zero-order valence-corrected chi connectivity index (χ0v) is 12.9. The number of hydrogen-bond donors (Lipinski definition) is 0.